The van der Waals surface area contributed by atoms with Crippen molar-refractivity contribution in [1.82, 2.24) is 19.6 Å². The molecule has 0 N–H and O–H groups in total. The average molecular weight is 605 g/mol. The van der Waals surface area contributed by atoms with Gasteiger partial charge in [-0.25, -0.2) is 9.59 Å². The van der Waals surface area contributed by atoms with Crippen LogP contribution in [0.5, 0.6) is 11.6 Å². The van der Waals surface area contributed by atoms with E-state index in [-0.39, 0.29) is 11.8 Å². The van der Waals surface area contributed by atoms with E-state index in [9.17, 15) is 9.59 Å². The molecule has 1 aliphatic carbocycles. The van der Waals surface area contributed by atoms with Gasteiger partial charge in [0.05, 0.1) is 16.9 Å². The van der Waals surface area contributed by atoms with Gasteiger partial charge in [-0.3, -0.25) is 9.88 Å². The minimum atomic E-state index is -0.727. The zero-order valence-electron chi connectivity index (χ0n) is 23.2. The predicted octanol–water partition coefficient (Wildman–Crippen LogP) is 6.54. The standard InChI is InChI=1S/C27H34BrN5O6/c1-25(2,3)37-23(34)32(16-17-12-27(7,13-17)39-24(35)38-26(4,5)6)21-11-20(36-18-9-8-10-29-14-18)31-22-19(28)15-30-33(21)22/h8-11,14-15,17H,12-13,16H2,1-7H3. The summed E-state index contributed by atoms with van der Waals surface area (Å²) in [5.74, 6) is 1.19. The Morgan fingerprint density at radius 3 is 2.44 bits per heavy atom. The lowest BCUT2D eigenvalue weighted by atomic mass is 9.71. The molecule has 0 radical (unpaired) electrons. The maximum atomic E-state index is 13.5. The number of nitrogens with zero attached hydrogens (tertiary/aromatic N) is 5. The average Bonchev–Trinajstić information content (AvgIpc) is 3.14. The van der Waals surface area contributed by atoms with Crippen LogP contribution in [0.4, 0.5) is 15.4 Å². The minimum absolute atomic E-state index is 0.0230. The van der Waals surface area contributed by atoms with E-state index in [0.717, 1.165) is 0 Å². The molecule has 210 valence electrons. The summed E-state index contributed by atoms with van der Waals surface area (Å²) in [6.07, 6.45) is 4.65. The molecular weight excluding hydrogens is 570 g/mol. The number of pyridine rings is 1. The Hall–Kier alpha value is -3.41. The van der Waals surface area contributed by atoms with E-state index in [4.69, 9.17) is 18.9 Å². The third-order valence-corrected chi connectivity index (χ3v) is 6.29. The van der Waals surface area contributed by atoms with Gasteiger partial charge in [0.2, 0.25) is 5.88 Å². The quantitative estimate of drug-likeness (QED) is 0.289. The summed E-state index contributed by atoms with van der Waals surface area (Å²) >= 11 is 3.48. The molecule has 0 aliphatic heterocycles. The molecule has 0 spiro atoms. The van der Waals surface area contributed by atoms with Crippen LogP contribution in [0.2, 0.25) is 0 Å². The fourth-order valence-corrected chi connectivity index (χ4v) is 4.70. The molecule has 1 fully saturated rings. The molecule has 0 aromatic carbocycles. The molecule has 11 nitrogen and oxygen atoms in total. The van der Waals surface area contributed by atoms with Crippen molar-refractivity contribution in [3.63, 3.8) is 0 Å². The molecule has 4 rings (SSSR count). The van der Waals surface area contributed by atoms with Crippen molar-refractivity contribution in [1.29, 1.82) is 0 Å². The first kappa shape index (κ1) is 28.6. The van der Waals surface area contributed by atoms with Crippen molar-refractivity contribution in [2.24, 2.45) is 5.92 Å². The van der Waals surface area contributed by atoms with E-state index >= 15 is 0 Å². The van der Waals surface area contributed by atoms with E-state index in [2.05, 4.69) is 31.0 Å². The maximum Gasteiger partial charge on any atom is 0.509 e. The SMILES string of the molecule is CC(C)(C)OC(=O)OC1(C)CC(CN(C(=O)OC(C)(C)C)c2cc(Oc3cccnc3)nc3c(Br)cnn23)C1. The van der Waals surface area contributed by atoms with E-state index in [1.165, 1.54) is 4.90 Å². The van der Waals surface area contributed by atoms with Crippen LogP contribution in [-0.2, 0) is 14.2 Å². The highest BCUT2D eigenvalue weighted by atomic mass is 79.9. The van der Waals surface area contributed by atoms with Crippen LogP contribution < -0.4 is 9.64 Å². The van der Waals surface area contributed by atoms with Crippen LogP contribution >= 0.6 is 15.9 Å². The first-order valence-corrected chi connectivity index (χ1v) is 13.4. The van der Waals surface area contributed by atoms with E-state index in [1.807, 2.05) is 27.7 Å². The Morgan fingerprint density at radius 2 is 1.82 bits per heavy atom. The lowest BCUT2D eigenvalue weighted by molar-refractivity contribution is -0.109. The number of fused-ring (bicyclic) bond motifs is 1. The third kappa shape index (κ3) is 7.37. The number of halogens is 1. The Balaban J connectivity index is 1.62. The summed E-state index contributed by atoms with van der Waals surface area (Å²) in [6.45, 7) is 12.9. The normalized spacial score (nSPS) is 19.2. The van der Waals surface area contributed by atoms with Crippen LogP contribution in [0.1, 0.15) is 61.3 Å². The van der Waals surface area contributed by atoms with Gasteiger partial charge in [-0.2, -0.15) is 14.6 Å². The van der Waals surface area contributed by atoms with Crippen molar-refractivity contribution >= 4 is 39.6 Å². The van der Waals surface area contributed by atoms with Crippen molar-refractivity contribution in [3.05, 3.63) is 41.3 Å². The van der Waals surface area contributed by atoms with Gasteiger partial charge in [0.25, 0.3) is 0 Å². The second kappa shape index (κ2) is 10.6. The van der Waals surface area contributed by atoms with E-state index < -0.39 is 29.1 Å². The first-order chi connectivity index (χ1) is 18.1. The van der Waals surface area contributed by atoms with Crippen LogP contribution in [0.25, 0.3) is 5.65 Å². The number of rotatable bonds is 6. The van der Waals surface area contributed by atoms with Crippen molar-refractivity contribution in [2.75, 3.05) is 11.4 Å². The minimum Gasteiger partial charge on any atom is -0.443 e. The second-order valence-corrected chi connectivity index (χ2v) is 12.7. The predicted molar refractivity (Wildman–Crippen MR) is 147 cm³/mol. The molecule has 12 heteroatoms. The number of carbonyl (C=O) groups is 2. The van der Waals surface area contributed by atoms with Gasteiger partial charge < -0.3 is 18.9 Å². The van der Waals surface area contributed by atoms with Gasteiger partial charge in [-0.05, 0) is 95.3 Å². The topological polar surface area (TPSA) is 117 Å². The Kier molecular flexibility index (Phi) is 7.79. The summed E-state index contributed by atoms with van der Waals surface area (Å²) in [5.41, 5.74) is -1.60. The van der Waals surface area contributed by atoms with Crippen LogP contribution in [0, 0.1) is 5.92 Å². The fourth-order valence-electron chi connectivity index (χ4n) is 4.35. The van der Waals surface area contributed by atoms with Crippen LogP contribution in [-0.4, -0.2) is 55.2 Å². The summed E-state index contributed by atoms with van der Waals surface area (Å²) in [7, 11) is 0. The number of aromatic nitrogens is 4. The lowest BCUT2D eigenvalue weighted by Gasteiger charge is -2.45. The molecule has 3 aromatic heterocycles. The summed E-state index contributed by atoms with van der Waals surface area (Å²) in [6, 6.07) is 5.15. The maximum absolute atomic E-state index is 13.5. The van der Waals surface area contributed by atoms with E-state index in [0.29, 0.717) is 41.1 Å². The third-order valence-electron chi connectivity index (χ3n) is 5.73. The molecule has 0 bridgehead atoms. The van der Waals surface area contributed by atoms with E-state index in [1.54, 1.807) is 62.1 Å². The highest BCUT2D eigenvalue weighted by Gasteiger charge is 2.46. The largest absolute Gasteiger partial charge is 0.509 e. The number of amides is 1. The molecule has 0 unspecified atom stereocenters. The van der Waals surface area contributed by atoms with Crippen molar-refractivity contribution < 1.29 is 28.5 Å². The van der Waals surface area contributed by atoms with Crippen LogP contribution in [0.3, 0.4) is 0 Å². The monoisotopic (exact) mass is 603 g/mol. The summed E-state index contributed by atoms with van der Waals surface area (Å²) in [5, 5.41) is 4.42. The van der Waals surface area contributed by atoms with Gasteiger partial charge >= 0.3 is 12.2 Å². The Morgan fingerprint density at radius 1 is 1.13 bits per heavy atom. The second-order valence-electron chi connectivity index (χ2n) is 11.9. The molecule has 0 atom stereocenters. The highest BCUT2D eigenvalue weighted by Crippen LogP contribution is 2.42. The fraction of sp³-hybridized carbons (Fsp3) is 0.519. The van der Waals surface area contributed by atoms with Crippen molar-refractivity contribution in [2.45, 2.75) is 78.1 Å². The van der Waals surface area contributed by atoms with Crippen molar-refractivity contribution in [3.8, 4) is 11.6 Å². The highest BCUT2D eigenvalue weighted by molar-refractivity contribution is 9.10. The zero-order valence-corrected chi connectivity index (χ0v) is 24.8. The van der Waals surface area contributed by atoms with Gasteiger partial charge in [-0.1, -0.05) is 0 Å². The first-order valence-electron chi connectivity index (χ1n) is 12.7. The number of anilines is 1. The summed E-state index contributed by atoms with van der Waals surface area (Å²) in [4.78, 5) is 35.9. The van der Waals surface area contributed by atoms with Gasteiger partial charge in [0.15, 0.2) is 5.65 Å². The van der Waals surface area contributed by atoms with Gasteiger partial charge in [0.1, 0.15) is 28.4 Å². The smallest absolute Gasteiger partial charge is 0.443 e. The molecule has 1 aliphatic rings. The zero-order chi connectivity index (χ0) is 28.6. The molecule has 1 saturated carbocycles. The van der Waals surface area contributed by atoms with Gasteiger partial charge in [-0.15, -0.1) is 0 Å². The molecule has 3 aromatic rings. The number of hydrogen-bond donors (Lipinski definition) is 0. The van der Waals surface area contributed by atoms with Gasteiger partial charge in [0, 0.05) is 18.8 Å². The number of ether oxygens (including phenoxy) is 4. The molecule has 0 saturated heterocycles. The van der Waals surface area contributed by atoms with Crippen LogP contribution in [0.15, 0.2) is 41.3 Å². The number of hydrogen-bond acceptors (Lipinski definition) is 9. The molecule has 1 amide bonds. The Labute approximate surface area is 235 Å². The molecular formula is C27H34BrN5O6. The molecule has 39 heavy (non-hydrogen) atoms. The Bertz CT molecular complexity index is 1340. The lowest BCUT2D eigenvalue weighted by Crippen LogP contribution is -2.51. The number of carbonyl (C=O) groups excluding carboxylic acids is 2. The summed E-state index contributed by atoms with van der Waals surface area (Å²) < 4.78 is 24.8. The molecule has 3 heterocycles.